The van der Waals surface area contributed by atoms with Crippen LogP contribution in [0.3, 0.4) is 0 Å². The molecule has 0 radical (unpaired) electrons. The number of aryl methyl sites for hydroxylation is 1. The molecule has 0 aliphatic heterocycles. The minimum Gasteiger partial charge on any atom is -0.385 e. The van der Waals surface area contributed by atoms with Gasteiger partial charge in [0.25, 0.3) is 0 Å². The van der Waals surface area contributed by atoms with Gasteiger partial charge in [-0.05, 0) is 60.3 Å². The van der Waals surface area contributed by atoms with Gasteiger partial charge in [0.15, 0.2) is 0 Å². The summed E-state index contributed by atoms with van der Waals surface area (Å²) in [6.07, 6.45) is 2.45. The summed E-state index contributed by atoms with van der Waals surface area (Å²) < 4.78 is 13.6. The van der Waals surface area contributed by atoms with E-state index in [1.165, 1.54) is 12.1 Å². The summed E-state index contributed by atoms with van der Waals surface area (Å²) >= 11 is 0. The largest absolute Gasteiger partial charge is 0.385 e. The van der Waals surface area contributed by atoms with Crippen LogP contribution in [0.5, 0.6) is 0 Å². The Kier molecular flexibility index (Phi) is 3.29. The zero-order valence-corrected chi connectivity index (χ0v) is 12.7. The predicted molar refractivity (Wildman–Crippen MR) is 76.4 cm³/mol. The van der Waals surface area contributed by atoms with Crippen LogP contribution in [0.2, 0.25) is 0 Å². The van der Waals surface area contributed by atoms with Crippen molar-refractivity contribution < 1.29 is 9.50 Å². The Hall–Kier alpha value is -0.890. The normalized spacial score (nSPS) is 24.2. The molecule has 0 saturated heterocycles. The summed E-state index contributed by atoms with van der Waals surface area (Å²) in [5.41, 5.74) is 0.807. The van der Waals surface area contributed by atoms with E-state index in [4.69, 9.17) is 0 Å². The van der Waals surface area contributed by atoms with E-state index in [0.29, 0.717) is 12.8 Å². The van der Waals surface area contributed by atoms with Crippen LogP contribution >= 0.6 is 0 Å². The standard InChI is InChI=1S/C17H25FO/c1-12-6-13(8-14(18)7-12)17(19)10-15(2,3)9-16(4,5)11-17/h6-8,19H,9-11H2,1-5H3. The molecule has 1 fully saturated rings. The minimum atomic E-state index is -0.919. The van der Waals surface area contributed by atoms with E-state index in [0.717, 1.165) is 17.5 Å². The van der Waals surface area contributed by atoms with Crippen molar-refractivity contribution in [2.75, 3.05) is 0 Å². The van der Waals surface area contributed by atoms with Crippen LogP contribution in [-0.4, -0.2) is 5.11 Å². The molecule has 1 saturated carbocycles. The lowest BCUT2D eigenvalue weighted by molar-refractivity contribution is -0.0914. The van der Waals surface area contributed by atoms with Crippen LogP contribution in [0.1, 0.15) is 58.1 Å². The molecule has 106 valence electrons. The molecule has 0 amide bonds. The third kappa shape index (κ3) is 3.17. The molecule has 0 spiro atoms. The first-order valence-corrected chi connectivity index (χ1v) is 7.02. The van der Waals surface area contributed by atoms with Crippen molar-refractivity contribution in [1.29, 1.82) is 0 Å². The number of benzene rings is 1. The van der Waals surface area contributed by atoms with Crippen LogP contribution in [0.25, 0.3) is 0 Å². The van der Waals surface area contributed by atoms with Crippen molar-refractivity contribution >= 4 is 0 Å². The van der Waals surface area contributed by atoms with E-state index < -0.39 is 5.60 Å². The zero-order valence-electron chi connectivity index (χ0n) is 12.7. The molecule has 19 heavy (non-hydrogen) atoms. The second-order valence-electron chi connectivity index (χ2n) is 7.91. The van der Waals surface area contributed by atoms with Gasteiger partial charge in [0.1, 0.15) is 5.82 Å². The van der Waals surface area contributed by atoms with Crippen LogP contribution in [-0.2, 0) is 5.60 Å². The first kappa shape index (κ1) is 14.5. The molecule has 1 aliphatic carbocycles. The van der Waals surface area contributed by atoms with E-state index in [-0.39, 0.29) is 16.6 Å². The smallest absolute Gasteiger partial charge is 0.123 e. The Bertz CT molecular complexity index is 452. The Labute approximate surface area is 115 Å². The third-order valence-electron chi connectivity index (χ3n) is 4.08. The lowest BCUT2D eigenvalue weighted by Gasteiger charge is -2.49. The molecule has 1 aromatic rings. The monoisotopic (exact) mass is 264 g/mol. The van der Waals surface area contributed by atoms with Gasteiger partial charge in [0, 0.05) is 0 Å². The SMILES string of the molecule is Cc1cc(F)cc(C2(O)CC(C)(C)CC(C)(C)C2)c1. The second kappa shape index (κ2) is 4.31. The fraction of sp³-hybridized carbons (Fsp3) is 0.647. The highest BCUT2D eigenvalue weighted by Gasteiger charge is 2.47. The van der Waals surface area contributed by atoms with Gasteiger partial charge in [0.05, 0.1) is 5.60 Å². The molecule has 1 N–H and O–H groups in total. The van der Waals surface area contributed by atoms with Gasteiger partial charge in [-0.2, -0.15) is 0 Å². The zero-order chi connectivity index (χ0) is 14.5. The third-order valence-corrected chi connectivity index (χ3v) is 4.08. The van der Waals surface area contributed by atoms with Crippen molar-refractivity contribution in [3.63, 3.8) is 0 Å². The average Bonchev–Trinajstić information content (AvgIpc) is 2.09. The molecule has 1 aliphatic rings. The van der Waals surface area contributed by atoms with E-state index in [2.05, 4.69) is 27.7 Å². The Morgan fingerprint density at radius 1 is 0.947 bits per heavy atom. The van der Waals surface area contributed by atoms with Crippen LogP contribution < -0.4 is 0 Å². The number of hydrogen-bond donors (Lipinski definition) is 1. The van der Waals surface area contributed by atoms with Crippen LogP contribution in [0, 0.1) is 23.6 Å². The molecule has 0 heterocycles. The lowest BCUT2D eigenvalue weighted by atomic mass is 9.58. The first-order chi connectivity index (χ1) is 8.51. The maximum atomic E-state index is 13.6. The number of halogens is 1. The molecule has 0 aromatic heterocycles. The number of aliphatic hydroxyl groups is 1. The van der Waals surface area contributed by atoms with Crippen molar-refractivity contribution in [1.82, 2.24) is 0 Å². The Balaban J connectivity index is 2.46. The summed E-state index contributed by atoms with van der Waals surface area (Å²) in [6.45, 7) is 10.6. The summed E-state index contributed by atoms with van der Waals surface area (Å²) in [5, 5.41) is 11.1. The highest BCUT2D eigenvalue weighted by Crippen LogP contribution is 2.53. The molecular weight excluding hydrogens is 239 g/mol. The van der Waals surface area contributed by atoms with Crippen LogP contribution in [0.15, 0.2) is 18.2 Å². The molecule has 0 unspecified atom stereocenters. The molecular formula is C17H25FO. The van der Waals surface area contributed by atoms with Gasteiger partial charge in [-0.3, -0.25) is 0 Å². The van der Waals surface area contributed by atoms with Gasteiger partial charge in [-0.15, -0.1) is 0 Å². The predicted octanol–water partition coefficient (Wildman–Crippen LogP) is 4.56. The molecule has 1 aromatic carbocycles. The van der Waals surface area contributed by atoms with Crippen LogP contribution in [0.4, 0.5) is 4.39 Å². The fourth-order valence-electron chi connectivity index (χ4n) is 4.28. The quantitative estimate of drug-likeness (QED) is 0.788. The van der Waals surface area contributed by atoms with E-state index in [1.54, 1.807) is 0 Å². The maximum absolute atomic E-state index is 13.6. The fourth-order valence-corrected chi connectivity index (χ4v) is 4.28. The van der Waals surface area contributed by atoms with Crippen molar-refractivity contribution in [2.45, 2.75) is 59.5 Å². The minimum absolute atomic E-state index is 0.0662. The molecule has 0 bridgehead atoms. The molecule has 2 heteroatoms. The van der Waals surface area contributed by atoms with Crippen molar-refractivity contribution in [3.8, 4) is 0 Å². The summed E-state index contributed by atoms with van der Waals surface area (Å²) in [7, 11) is 0. The lowest BCUT2D eigenvalue weighted by Crippen LogP contribution is -2.44. The van der Waals surface area contributed by atoms with Gasteiger partial charge >= 0.3 is 0 Å². The number of hydrogen-bond acceptors (Lipinski definition) is 1. The topological polar surface area (TPSA) is 20.2 Å². The van der Waals surface area contributed by atoms with Gasteiger partial charge in [0.2, 0.25) is 0 Å². The number of rotatable bonds is 1. The molecule has 1 nitrogen and oxygen atoms in total. The highest BCUT2D eigenvalue weighted by atomic mass is 19.1. The van der Waals surface area contributed by atoms with E-state index in [9.17, 15) is 9.50 Å². The summed E-state index contributed by atoms with van der Waals surface area (Å²) in [5.74, 6) is -0.260. The van der Waals surface area contributed by atoms with Crippen molar-refractivity contribution in [2.24, 2.45) is 10.8 Å². The molecule has 2 rings (SSSR count). The Morgan fingerprint density at radius 2 is 1.47 bits per heavy atom. The summed E-state index contributed by atoms with van der Waals surface area (Å²) in [6, 6.07) is 4.91. The second-order valence-corrected chi connectivity index (χ2v) is 7.91. The van der Waals surface area contributed by atoms with E-state index in [1.807, 2.05) is 13.0 Å². The molecule has 0 atom stereocenters. The Morgan fingerprint density at radius 3 is 1.95 bits per heavy atom. The maximum Gasteiger partial charge on any atom is 0.123 e. The van der Waals surface area contributed by atoms with Crippen molar-refractivity contribution in [3.05, 3.63) is 35.1 Å². The van der Waals surface area contributed by atoms with E-state index >= 15 is 0 Å². The highest BCUT2D eigenvalue weighted by molar-refractivity contribution is 5.30. The van der Waals surface area contributed by atoms with Gasteiger partial charge in [-0.1, -0.05) is 33.8 Å². The first-order valence-electron chi connectivity index (χ1n) is 7.02. The average molecular weight is 264 g/mol. The van der Waals surface area contributed by atoms with Gasteiger partial charge in [-0.25, -0.2) is 4.39 Å². The van der Waals surface area contributed by atoms with Gasteiger partial charge < -0.3 is 5.11 Å². The summed E-state index contributed by atoms with van der Waals surface area (Å²) in [4.78, 5) is 0.